The van der Waals surface area contributed by atoms with Gasteiger partial charge in [-0.15, -0.1) is 0 Å². The molecular weight excluding hydrogens is 414 g/mol. The van der Waals surface area contributed by atoms with Crippen LogP contribution in [0.5, 0.6) is 0 Å². The van der Waals surface area contributed by atoms with E-state index >= 15 is 0 Å². The largest absolute Gasteiger partial charge is 3.00 e. The van der Waals surface area contributed by atoms with Crippen LogP contribution in [0.3, 0.4) is 0 Å². The molecule has 0 saturated carbocycles. The van der Waals surface area contributed by atoms with Crippen LogP contribution in [0.25, 0.3) is 0 Å². The van der Waals surface area contributed by atoms with Crippen LogP contribution in [0.4, 0.5) is 0 Å². The molecule has 0 fully saturated rings. The van der Waals surface area contributed by atoms with Gasteiger partial charge in [0.05, 0.1) is 0 Å². The first kappa shape index (κ1) is 43.2. The van der Waals surface area contributed by atoms with Gasteiger partial charge in [-0.1, -0.05) is 0 Å². The summed E-state index contributed by atoms with van der Waals surface area (Å²) in [7, 11) is -16.2. The molecule has 0 N–H and O–H groups in total. The molecule has 0 aromatic rings. The number of hydrogen-bond acceptors (Lipinski definition) is 12. The summed E-state index contributed by atoms with van der Waals surface area (Å²) in [5.74, 6) is 0. The van der Waals surface area contributed by atoms with E-state index in [1.165, 1.54) is 0 Å². The Morgan fingerprint density at radius 2 is 0.421 bits per heavy atom. The molecule has 0 rings (SSSR count). The fraction of sp³-hybridized carbons (Fsp3) is 0. The summed E-state index contributed by atoms with van der Waals surface area (Å²) in [4.78, 5) is 76.9. The number of rotatable bonds is 0. The van der Waals surface area contributed by atoms with Crippen LogP contribution in [0.15, 0.2) is 0 Å². The Kier molecular flexibility index (Phi) is 43.6. The average molecular weight is 414 g/mol. The molecule has 0 saturated heterocycles. The van der Waals surface area contributed by atoms with Crippen molar-refractivity contribution in [2.45, 2.75) is 0 Å². The Labute approximate surface area is 166 Å². The summed E-state index contributed by atoms with van der Waals surface area (Å²) in [6.45, 7) is 0. The van der Waals surface area contributed by atoms with E-state index < -0.39 is 23.5 Å². The summed E-state index contributed by atoms with van der Waals surface area (Å²) in [5.41, 5.74) is 0. The van der Waals surface area contributed by atoms with Crippen molar-refractivity contribution in [3.05, 3.63) is 0 Å². The molecule has 0 aliphatic heterocycles. The quantitative estimate of drug-likeness (QED) is 0.264. The van der Waals surface area contributed by atoms with Crippen molar-refractivity contribution in [3.8, 4) is 0 Å². The van der Waals surface area contributed by atoms with E-state index in [9.17, 15) is 0 Å². The van der Waals surface area contributed by atoms with Crippen LogP contribution in [0, 0.1) is 0 Å². The molecule has 0 amide bonds. The summed E-state index contributed by atoms with van der Waals surface area (Å²) in [5, 5.41) is 0. The smallest absolute Gasteiger partial charge is 0.822 e. The molecule has 0 unspecified atom stereocenters. The fourth-order valence-electron chi connectivity index (χ4n) is 0. The first-order valence-electron chi connectivity index (χ1n) is 2.19. The minimum absolute atomic E-state index is 0. The van der Waals surface area contributed by atoms with Crippen LogP contribution in [-0.2, 0) is 30.8 Å². The average Bonchev–Trinajstić information content (AvgIpc) is 1.41. The normalized spacial score (nSPS) is 9.32. The summed E-state index contributed by atoms with van der Waals surface area (Å²) >= 11 is 0. The third-order valence-corrected chi connectivity index (χ3v) is 0. The topological polar surface area (TPSA) is 259 Å². The van der Waals surface area contributed by atoms with Gasteiger partial charge in [0, 0.05) is 0 Å². The Morgan fingerprint density at radius 3 is 0.421 bits per heavy atom. The summed E-state index contributed by atoms with van der Waals surface area (Å²) in [6, 6.07) is 0. The zero-order valence-electron chi connectivity index (χ0n) is 8.72. The minimum Gasteiger partial charge on any atom is -0.822 e. The third-order valence-electron chi connectivity index (χ3n) is 0. The second kappa shape index (κ2) is 19.2. The van der Waals surface area contributed by atoms with Gasteiger partial charge in [-0.3, -0.25) is 0 Å². The monoisotopic (exact) mass is 413 g/mol. The van der Waals surface area contributed by atoms with E-state index in [4.69, 9.17) is 57.7 Å². The van der Waals surface area contributed by atoms with E-state index in [-0.39, 0.29) is 86.2 Å². The van der Waals surface area contributed by atoms with Gasteiger partial charge in [0.1, 0.15) is 0 Å². The molecule has 101 valence electrons. The standard InChI is InChI=1S/Fe.3Mg.3H3O4P/c;;;;3*1-5(2,3)4/h;;;;3*(H3,1,2,3,4)/q+3;3*+2;;;/p-9. The van der Waals surface area contributed by atoms with Gasteiger partial charge in [-0.25, -0.2) is 0 Å². The van der Waals surface area contributed by atoms with Crippen LogP contribution < -0.4 is 44.0 Å². The van der Waals surface area contributed by atoms with Crippen LogP contribution in [0.2, 0.25) is 0 Å². The van der Waals surface area contributed by atoms with Crippen molar-refractivity contribution in [3.63, 3.8) is 0 Å². The van der Waals surface area contributed by atoms with Crippen molar-refractivity contribution >= 4 is 92.6 Å². The number of phosphoric acid groups is 3. The van der Waals surface area contributed by atoms with Gasteiger partial charge in [-0.05, 0) is 0 Å². The molecule has 0 spiro atoms. The maximum absolute atomic E-state index is 8.55. The third kappa shape index (κ3) is 782. The maximum Gasteiger partial charge on any atom is 3.00 e. The second-order valence-corrected chi connectivity index (χ2v) is 4.02. The SMILES string of the molecule is O=P([O-])([O-])[O-].O=P([O-])([O-])[O-].O=P([O-])([O-])[O-].[Fe+3].[Mg+2].[Mg+2].[Mg+2]. The van der Waals surface area contributed by atoms with E-state index in [0.29, 0.717) is 0 Å². The van der Waals surface area contributed by atoms with E-state index in [2.05, 4.69) is 0 Å². The molecule has 0 heterocycles. The van der Waals surface area contributed by atoms with Gasteiger partial charge < -0.3 is 57.7 Å². The summed E-state index contributed by atoms with van der Waals surface area (Å²) < 4.78 is 25.6. The molecule has 19 heteroatoms. The number of hydrogen-bond donors (Lipinski definition) is 0. The van der Waals surface area contributed by atoms with E-state index in [1.54, 1.807) is 0 Å². The molecule has 12 nitrogen and oxygen atoms in total. The first-order chi connectivity index (χ1) is 6.00. The molecule has 0 aliphatic rings. The van der Waals surface area contributed by atoms with Crippen molar-refractivity contribution in [1.82, 2.24) is 0 Å². The van der Waals surface area contributed by atoms with Gasteiger partial charge in [0.2, 0.25) is 0 Å². The minimum atomic E-state index is -5.39. The van der Waals surface area contributed by atoms with Gasteiger partial charge >= 0.3 is 86.2 Å². The van der Waals surface area contributed by atoms with Gasteiger partial charge in [0.15, 0.2) is 0 Å². The van der Waals surface area contributed by atoms with Crippen LogP contribution >= 0.6 is 23.5 Å². The van der Waals surface area contributed by atoms with Crippen molar-refractivity contribution in [1.29, 1.82) is 0 Å². The molecule has 0 atom stereocenters. The Bertz CT molecular complexity index is 214. The molecule has 0 bridgehead atoms. The Hall–Kier alpha value is 3.15. The molecule has 0 aromatic carbocycles. The van der Waals surface area contributed by atoms with Crippen molar-refractivity contribution in [2.24, 2.45) is 0 Å². The van der Waals surface area contributed by atoms with Gasteiger partial charge in [0.25, 0.3) is 0 Å². The van der Waals surface area contributed by atoms with Gasteiger partial charge in [-0.2, -0.15) is 23.5 Å². The van der Waals surface area contributed by atoms with Crippen LogP contribution in [0.1, 0.15) is 0 Å². The zero-order chi connectivity index (χ0) is 13.5. The molecule has 19 heavy (non-hydrogen) atoms. The Balaban J connectivity index is -0.0000000206. The second-order valence-electron chi connectivity index (χ2n) is 1.34. The van der Waals surface area contributed by atoms with Crippen molar-refractivity contribution in [2.75, 3.05) is 0 Å². The zero-order valence-corrected chi connectivity index (χ0v) is 16.7. The Morgan fingerprint density at radius 1 is 0.421 bits per heavy atom. The first-order valence-corrected chi connectivity index (χ1v) is 6.57. The van der Waals surface area contributed by atoms with E-state index in [0.717, 1.165) is 0 Å². The summed E-state index contributed by atoms with van der Waals surface area (Å²) in [6.07, 6.45) is 0. The molecular formula is FeMg3O12P3. The molecule has 0 aromatic heterocycles. The predicted molar refractivity (Wildman–Crippen MR) is 40.1 cm³/mol. The fourth-order valence-corrected chi connectivity index (χ4v) is 0. The maximum atomic E-state index is 8.55. The van der Waals surface area contributed by atoms with E-state index in [1.807, 2.05) is 0 Å². The van der Waals surface area contributed by atoms with Crippen LogP contribution in [-0.4, -0.2) is 69.2 Å². The molecule has 1 radical (unpaired) electrons. The molecule has 0 aliphatic carbocycles. The van der Waals surface area contributed by atoms with Crippen molar-refractivity contribution < 1.29 is 74.8 Å². The predicted octanol–water partition coefficient (Wildman–Crippen LogP) is -9.62.